The van der Waals surface area contributed by atoms with Gasteiger partial charge in [0.25, 0.3) is 5.91 Å². The molecule has 7 nitrogen and oxygen atoms in total. The summed E-state index contributed by atoms with van der Waals surface area (Å²) < 4.78 is 12.6. The van der Waals surface area contributed by atoms with Crippen LogP contribution in [0.1, 0.15) is 10.5 Å². The Morgan fingerprint density at radius 3 is 2.68 bits per heavy atom. The van der Waals surface area contributed by atoms with Crippen LogP contribution in [0.3, 0.4) is 0 Å². The van der Waals surface area contributed by atoms with Gasteiger partial charge >= 0.3 is 0 Å². The van der Waals surface area contributed by atoms with E-state index in [1.54, 1.807) is 7.11 Å². The second-order valence-corrected chi connectivity index (χ2v) is 6.70. The van der Waals surface area contributed by atoms with Crippen LogP contribution in [0.15, 0.2) is 48.5 Å². The molecular formula is C21H24N4O3. The van der Waals surface area contributed by atoms with Crippen molar-refractivity contribution < 1.29 is 14.3 Å². The summed E-state index contributed by atoms with van der Waals surface area (Å²) in [5.41, 5.74) is 2.01. The van der Waals surface area contributed by atoms with Gasteiger partial charge in [0.05, 0.1) is 38.1 Å². The summed E-state index contributed by atoms with van der Waals surface area (Å²) in [6.45, 7) is 5.00. The van der Waals surface area contributed by atoms with Crippen LogP contribution in [0.4, 0.5) is 5.69 Å². The number of hydrogen-bond acceptors (Lipinski definition) is 5. The number of amides is 1. The molecule has 1 amide bonds. The molecule has 0 bridgehead atoms. The molecule has 0 saturated carbocycles. The minimum absolute atomic E-state index is 0.245. The molecule has 2 heterocycles. The first-order chi connectivity index (χ1) is 13.8. The van der Waals surface area contributed by atoms with Gasteiger partial charge in [-0.2, -0.15) is 5.10 Å². The Morgan fingerprint density at radius 2 is 1.86 bits per heavy atom. The number of morpholine rings is 1. The molecule has 4 rings (SSSR count). The molecule has 0 unspecified atom stereocenters. The predicted octanol–water partition coefficient (Wildman–Crippen LogP) is 2.63. The van der Waals surface area contributed by atoms with E-state index >= 15 is 0 Å². The fourth-order valence-electron chi connectivity index (χ4n) is 3.46. The summed E-state index contributed by atoms with van der Waals surface area (Å²) in [5, 5.41) is 8.40. The molecule has 3 aromatic rings. The average molecular weight is 380 g/mol. The Morgan fingerprint density at radius 1 is 1.11 bits per heavy atom. The predicted molar refractivity (Wildman–Crippen MR) is 108 cm³/mol. The highest BCUT2D eigenvalue weighted by Gasteiger charge is 2.19. The van der Waals surface area contributed by atoms with Gasteiger partial charge < -0.3 is 14.8 Å². The number of carbonyl (C=O) groups excluding carboxylic acids is 1. The van der Waals surface area contributed by atoms with E-state index in [9.17, 15) is 4.79 Å². The normalized spacial score (nSPS) is 14.9. The smallest absolute Gasteiger partial charge is 0.276 e. The lowest BCUT2D eigenvalue weighted by Crippen LogP contribution is -2.38. The Bertz CT molecular complexity index is 963. The number of methoxy groups -OCH3 is 1. The van der Waals surface area contributed by atoms with Crippen molar-refractivity contribution in [2.24, 2.45) is 0 Å². The van der Waals surface area contributed by atoms with Crippen LogP contribution in [0.2, 0.25) is 0 Å². The standard InChI is InChI=1S/C21H24N4O3/c1-27-19-9-5-3-7-17(19)22-21(26)20-16-6-2-4-8-18(16)25(23-20)11-10-24-12-14-28-15-13-24/h2-9H,10-15H2,1H3,(H,22,26). The maximum atomic E-state index is 12.9. The summed E-state index contributed by atoms with van der Waals surface area (Å²) in [7, 11) is 1.58. The van der Waals surface area contributed by atoms with E-state index < -0.39 is 0 Å². The number of anilines is 1. The van der Waals surface area contributed by atoms with Crippen LogP contribution in [-0.4, -0.2) is 60.5 Å². The second-order valence-electron chi connectivity index (χ2n) is 6.70. The largest absolute Gasteiger partial charge is 0.495 e. The average Bonchev–Trinajstić information content (AvgIpc) is 3.12. The maximum Gasteiger partial charge on any atom is 0.276 e. The van der Waals surface area contributed by atoms with Crippen LogP contribution >= 0.6 is 0 Å². The molecule has 0 spiro atoms. The number of hydrogen-bond donors (Lipinski definition) is 1. The van der Waals surface area contributed by atoms with Crippen LogP contribution in [0, 0.1) is 0 Å². The summed E-state index contributed by atoms with van der Waals surface area (Å²) >= 11 is 0. The van der Waals surface area contributed by atoms with Crippen LogP contribution in [-0.2, 0) is 11.3 Å². The highest BCUT2D eigenvalue weighted by Crippen LogP contribution is 2.25. The number of aromatic nitrogens is 2. The SMILES string of the molecule is COc1ccccc1NC(=O)c1nn(CCN2CCOCC2)c2ccccc12. The Hall–Kier alpha value is -2.90. The molecule has 1 aliphatic rings. The summed E-state index contributed by atoms with van der Waals surface area (Å²) in [6, 6.07) is 15.2. The van der Waals surface area contributed by atoms with Crippen molar-refractivity contribution in [1.29, 1.82) is 0 Å². The molecule has 0 aliphatic carbocycles. The van der Waals surface area contributed by atoms with Crippen molar-refractivity contribution in [3.8, 4) is 5.75 Å². The van der Waals surface area contributed by atoms with E-state index in [4.69, 9.17) is 9.47 Å². The minimum atomic E-state index is -0.245. The molecule has 0 radical (unpaired) electrons. The number of ether oxygens (including phenoxy) is 2. The van der Waals surface area contributed by atoms with E-state index in [-0.39, 0.29) is 5.91 Å². The molecule has 1 aliphatic heterocycles. The molecule has 28 heavy (non-hydrogen) atoms. The van der Waals surface area contributed by atoms with Gasteiger partial charge in [-0.3, -0.25) is 14.4 Å². The van der Waals surface area contributed by atoms with Gasteiger partial charge in [-0.1, -0.05) is 30.3 Å². The Labute approximate surface area is 163 Å². The number of carbonyl (C=O) groups is 1. The third kappa shape index (κ3) is 3.85. The van der Waals surface area contributed by atoms with Crippen LogP contribution in [0.5, 0.6) is 5.75 Å². The lowest BCUT2D eigenvalue weighted by Gasteiger charge is -2.26. The zero-order valence-electron chi connectivity index (χ0n) is 15.9. The van der Waals surface area contributed by atoms with E-state index in [1.165, 1.54) is 0 Å². The highest BCUT2D eigenvalue weighted by molar-refractivity contribution is 6.11. The molecule has 1 saturated heterocycles. The van der Waals surface area contributed by atoms with Gasteiger partial charge in [0.2, 0.25) is 0 Å². The maximum absolute atomic E-state index is 12.9. The van der Waals surface area contributed by atoms with E-state index in [1.807, 2.05) is 53.2 Å². The molecule has 1 aromatic heterocycles. The molecule has 1 fully saturated rings. The van der Waals surface area contributed by atoms with Crippen molar-refractivity contribution in [1.82, 2.24) is 14.7 Å². The van der Waals surface area contributed by atoms with Gasteiger partial charge in [0.15, 0.2) is 5.69 Å². The molecule has 146 valence electrons. The summed E-state index contributed by atoms with van der Waals surface area (Å²) in [5.74, 6) is 0.373. The molecule has 1 N–H and O–H groups in total. The van der Waals surface area contributed by atoms with Crippen LogP contribution in [0.25, 0.3) is 10.9 Å². The molecule has 0 atom stereocenters. The molecular weight excluding hydrogens is 356 g/mol. The van der Waals surface area contributed by atoms with Crippen molar-refractivity contribution >= 4 is 22.5 Å². The molecule has 2 aromatic carbocycles. The number of fused-ring (bicyclic) bond motifs is 1. The first-order valence-corrected chi connectivity index (χ1v) is 9.46. The summed E-state index contributed by atoms with van der Waals surface area (Å²) in [6.07, 6.45) is 0. The van der Waals surface area contributed by atoms with Gasteiger partial charge in [0.1, 0.15) is 5.75 Å². The molecule has 7 heteroatoms. The zero-order valence-corrected chi connectivity index (χ0v) is 15.9. The van der Waals surface area contributed by atoms with Crippen molar-refractivity contribution in [3.05, 3.63) is 54.2 Å². The monoisotopic (exact) mass is 380 g/mol. The minimum Gasteiger partial charge on any atom is -0.495 e. The van der Waals surface area contributed by atoms with Crippen molar-refractivity contribution in [2.75, 3.05) is 45.3 Å². The summed E-state index contributed by atoms with van der Waals surface area (Å²) in [4.78, 5) is 15.3. The third-order valence-corrected chi connectivity index (χ3v) is 4.96. The number of para-hydroxylation sites is 3. The number of nitrogens with one attached hydrogen (secondary N) is 1. The number of benzene rings is 2. The Balaban J connectivity index is 1.57. The number of nitrogens with zero attached hydrogens (tertiary/aromatic N) is 3. The second kappa shape index (κ2) is 8.41. The van der Waals surface area contributed by atoms with Gasteiger partial charge in [-0.05, 0) is 18.2 Å². The van der Waals surface area contributed by atoms with Gasteiger partial charge in [-0.15, -0.1) is 0 Å². The number of rotatable bonds is 6. The van der Waals surface area contributed by atoms with E-state index in [0.29, 0.717) is 17.1 Å². The lowest BCUT2D eigenvalue weighted by molar-refractivity contribution is 0.0361. The fourth-order valence-corrected chi connectivity index (χ4v) is 3.46. The quantitative estimate of drug-likeness (QED) is 0.712. The highest BCUT2D eigenvalue weighted by atomic mass is 16.5. The first-order valence-electron chi connectivity index (χ1n) is 9.46. The lowest BCUT2D eigenvalue weighted by atomic mass is 10.2. The van der Waals surface area contributed by atoms with E-state index in [0.717, 1.165) is 50.3 Å². The van der Waals surface area contributed by atoms with E-state index in [2.05, 4.69) is 15.3 Å². The van der Waals surface area contributed by atoms with Gasteiger partial charge in [0, 0.05) is 25.0 Å². The van der Waals surface area contributed by atoms with Gasteiger partial charge in [-0.25, -0.2) is 0 Å². The first kappa shape index (κ1) is 18.5. The van der Waals surface area contributed by atoms with Crippen LogP contribution < -0.4 is 10.1 Å². The fraction of sp³-hybridized carbons (Fsp3) is 0.333. The third-order valence-electron chi connectivity index (χ3n) is 4.96. The van der Waals surface area contributed by atoms with Crippen molar-refractivity contribution in [3.63, 3.8) is 0 Å². The topological polar surface area (TPSA) is 68.6 Å². The van der Waals surface area contributed by atoms with Crippen molar-refractivity contribution in [2.45, 2.75) is 6.54 Å². The zero-order chi connectivity index (χ0) is 19.3. The Kier molecular flexibility index (Phi) is 5.55.